The van der Waals surface area contributed by atoms with Gasteiger partial charge in [-0.15, -0.1) is 0 Å². The van der Waals surface area contributed by atoms with Crippen molar-refractivity contribution in [3.05, 3.63) is 35.4 Å². The van der Waals surface area contributed by atoms with Gasteiger partial charge in [0.25, 0.3) is 5.91 Å². The third-order valence-electron chi connectivity index (χ3n) is 3.29. The SMILES string of the molecule is CCCCCCN(CCO)C(=O)c1ccc(CBr)cc1. The van der Waals surface area contributed by atoms with Crippen LogP contribution in [0, 0.1) is 0 Å². The highest BCUT2D eigenvalue weighted by Crippen LogP contribution is 2.11. The van der Waals surface area contributed by atoms with Gasteiger partial charge in [-0.05, 0) is 24.1 Å². The summed E-state index contributed by atoms with van der Waals surface area (Å²) >= 11 is 3.39. The van der Waals surface area contributed by atoms with Crippen molar-refractivity contribution in [2.75, 3.05) is 19.7 Å². The van der Waals surface area contributed by atoms with Gasteiger partial charge in [-0.1, -0.05) is 54.2 Å². The number of benzene rings is 1. The lowest BCUT2D eigenvalue weighted by atomic mass is 10.1. The number of nitrogens with zero attached hydrogens (tertiary/aromatic N) is 1. The summed E-state index contributed by atoms with van der Waals surface area (Å²) in [6.45, 7) is 3.31. The van der Waals surface area contributed by atoms with Crippen LogP contribution < -0.4 is 0 Å². The first-order chi connectivity index (χ1) is 9.72. The van der Waals surface area contributed by atoms with Crippen LogP contribution in [0.4, 0.5) is 0 Å². The molecule has 0 unspecified atom stereocenters. The summed E-state index contributed by atoms with van der Waals surface area (Å²) in [5.41, 5.74) is 1.84. The van der Waals surface area contributed by atoms with Crippen molar-refractivity contribution in [1.82, 2.24) is 4.90 Å². The summed E-state index contributed by atoms with van der Waals surface area (Å²) in [5.74, 6) is 0.0108. The van der Waals surface area contributed by atoms with E-state index in [0.29, 0.717) is 12.1 Å². The van der Waals surface area contributed by atoms with Crippen molar-refractivity contribution in [2.24, 2.45) is 0 Å². The topological polar surface area (TPSA) is 40.5 Å². The molecule has 112 valence electrons. The molecule has 0 radical (unpaired) electrons. The maximum atomic E-state index is 12.4. The second kappa shape index (κ2) is 9.94. The van der Waals surface area contributed by atoms with Crippen LogP contribution in [-0.2, 0) is 5.33 Å². The van der Waals surface area contributed by atoms with Gasteiger partial charge in [0.2, 0.25) is 0 Å². The van der Waals surface area contributed by atoms with E-state index in [4.69, 9.17) is 5.11 Å². The van der Waals surface area contributed by atoms with E-state index in [1.807, 2.05) is 24.3 Å². The Kier molecular flexibility index (Phi) is 8.54. The van der Waals surface area contributed by atoms with E-state index >= 15 is 0 Å². The molecule has 4 heteroatoms. The number of amides is 1. The summed E-state index contributed by atoms with van der Waals surface area (Å²) in [5, 5.41) is 9.91. The predicted molar refractivity (Wildman–Crippen MR) is 86.2 cm³/mol. The normalized spacial score (nSPS) is 10.6. The zero-order valence-corrected chi connectivity index (χ0v) is 13.7. The molecule has 1 aromatic carbocycles. The van der Waals surface area contributed by atoms with Gasteiger partial charge in [-0.3, -0.25) is 4.79 Å². The number of halogens is 1. The molecular weight excluding hydrogens is 318 g/mol. The molecule has 0 aromatic heterocycles. The van der Waals surface area contributed by atoms with E-state index in [1.54, 1.807) is 4.90 Å². The number of hydrogen-bond acceptors (Lipinski definition) is 2. The minimum Gasteiger partial charge on any atom is -0.395 e. The molecule has 3 nitrogen and oxygen atoms in total. The lowest BCUT2D eigenvalue weighted by Crippen LogP contribution is -2.34. The maximum absolute atomic E-state index is 12.4. The molecule has 0 spiro atoms. The van der Waals surface area contributed by atoms with Gasteiger partial charge in [-0.25, -0.2) is 0 Å². The van der Waals surface area contributed by atoms with E-state index < -0.39 is 0 Å². The maximum Gasteiger partial charge on any atom is 0.253 e. The fraction of sp³-hybridized carbons (Fsp3) is 0.562. The molecule has 20 heavy (non-hydrogen) atoms. The average molecular weight is 342 g/mol. The number of hydrogen-bond donors (Lipinski definition) is 1. The van der Waals surface area contributed by atoms with Crippen molar-refractivity contribution < 1.29 is 9.90 Å². The first-order valence-electron chi connectivity index (χ1n) is 7.28. The van der Waals surface area contributed by atoms with Crippen LogP contribution in [0.2, 0.25) is 0 Å². The Morgan fingerprint density at radius 1 is 1.15 bits per heavy atom. The van der Waals surface area contributed by atoms with Gasteiger partial charge in [0.1, 0.15) is 0 Å². The molecule has 1 rings (SSSR count). The van der Waals surface area contributed by atoms with E-state index in [-0.39, 0.29) is 12.5 Å². The number of carbonyl (C=O) groups excluding carboxylic acids is 1. The molecule has 0 aliphatic carbocycles. The molecule has 0 heterocycles. The van der Waals surface area contributed by atoms with Crippen LogP contribution in [0.25, 0.3) is 0 Å². The molecule has 1 aromatic rings. The number of alkyl halides is 1. The molecule has 0 atom stereocenters. The van der Waals surface area contributed by atoms with Crippen molar-refractivity contribution in [2.45, 2.75) is 37.9 Å². The monoisotopic (exact) mass is 341 g/mol. The van der Waals surface area contributed by atoms with Crippen LogP contribution in [0.15, 0.2) is 24.3 Å². The lowest BCUT2D eigenvalue weighted by Gasteiger charge is -2.22. The molecule has 0 aliphatic rings. The highest BCUT2D eigenvalue weighted by Gasteiger charge is 2.14. The fourth-order valence-corrected chi connectivity index (χ4v) is 2.46. The van der Waals surface area contributed by atoms with Crippen LogP contribution >= 0.6 is 15.9 Å². The Morgan fingerprint density at radius 3 is 2.40 bits per heavy atom. The smallest absolute Gasteiger partial charge is 0.253 e. The van der Waals surface area contributed by atoms with Gasteiger partial charge in [-0.2, -0.15) is 0 Å². The van der Waals surface area contributed by atoms with Crippen molar-refractivity contribution in [1.29, 1.82) is 0 Å². The average Bonchev–Trinajstić information content (AvgIpc) is 2.50. The molecule has 0 aliphatic heterocycles. The second-order valence-corrected chi connectivity index (χ2v) is 5.47. The minimum absolute atomic E-state index is 0.0108. The molecule has 0 bridgehead atoms. The van der Waals surface area contributed by atoms with Crippen LogP contribution in [0.1, 0.15) is 48.5 Å². The van der Waals surface area contributed by atoms with E-state index in [1.165, 1.54) is 12.8 Å². The highest BCUT2D eigenvalue weighted by atomic mass is 79.9. The largest absolute Gasteiger partial charge is 0.395 e. The first kappa shape index (κ1) is 17.2. The van der Waals surface area contributed by atoms with E-state index in [0.717, 1.165) is 30.3 Å². The number of rotatable bonds is 9. The molecule has 0 fully saturated rings. The second-order valence-electron chi connectivity index (χ2n) is 4.91. The Bertz CT molecular complexity index is 392. The Labute approximate surface area is 130 Å². The predicted octanol–water partition coefficient (Wildman–Crippen LogP) is 3.60. The van der Waals surface area contributed by atoms with Gasteiger partial charge in [0, 0.05) is 24.0 Å². The number of aliphatic hydroxyl groups excluding tert-OH is 1. The number of unbranched alkanes of at least 4 members (excludes halogenated alkanes) is 3. The third-order valence-corrected chi connectivity index (χ3v) is 3.94. The van der Waals surface area contributed by atoms with Gasteiger partial charge < -0.3 is 10.0 Å². The summed E-state index contributed by atoms with van der Waals surface area (Å²) < 4.78 is 0. The van der Waals surface area contributed by atoms with Crippen molar-refractivity contribution >= 4 is 21.8 Å². The van der Waals surface area contributed by atoms with Crippen molar-refractivity contribution in [3.63, 3.8) is 0 Å². The fourth-order valence-electron chi connectivity index (χ4n) is 2.08. The van der Waals surface area contributed by atoms with Gasteiger partial charge >= 0.3 is 0 Å². The quantitative estimate of drug-likeness (QED) is 0.550. The lowest BCUT2D eigenvalue weighted by molar-refractivity contribution is 0.0718. The summed E-state index contributed by atoms with van der Waals surface area (Å²) in [7, 11) is 0. The zero-order chi connectivity index (χ0) is 14.8. The summed E-state index contributed by atoms with van der Waals surface area (Å²) in [4.78, 5) is 14.2. The first-order valence-corrected chi connectivity index (χ1v) is 8.40. The van der Waals surface area contributed by atoms with Crippen molar-refractivity contribution in [3.8, 4) is 0 Å². The number of aliphatic hydroxyl groups is 1. The molecule has 0 saturated heterocycles. The van der Waals surface area contributed by atoms with Gasteiger partial charge in [0.05, 0.1) is 6.61 Å². The zero-order valence-electron chi connectivity index (χ0n) is 12.1. The van der Waals surface area contributed by atoms with E-state index in [9.17, 15) is 4.79 Å². The molecule has 1 N–H and O–H groups in total. The minimum atomic E-state index is 0.0108. The summed E-state index contributed by atoms with van der Waals surface area (Å²) in [6, 6.07) is 7.62. The van der Waals surface area contributed by atoms with Gasteiger partial charge in [0.15, 0.2) is 0 Å². The van der Waals surface area contributed by atoms with Crippen LogP contribution in [0.3, 0.4) is 0 Å². The Hall–Kier alpha value is -0.870. The molecule has 1 amide bonds. The summed E-state index contributed by atoms with van der Waals surface area (Å²) in [6.07, 6.45) is 4.51. The van der Waals surface area contributed by atoms with Crippen LogP contribution in [-0.4, -0.2) is 35.6 Å². The Balaban J connectivity index is 2.61. The Morgan fingerprint density at radius 2 is 1.85 bits per heavy atom. The van der Waals surface area contributed by atoms with Crippen LogP contribution in [0.5, 0.6) is 0 Å². The van der Waals surface area contributed by atoms with E-state index in [2.05, 4.69) is 22.9 Å². The number of carbonyl (C=O) groups is 1. The molecule has 0 saturated carbocycles. The molecular formula is C16H24BrNO2. The standard InChI is InChI=1S/C16H24BrNO2/c1-2-3-4-5-10-18(11-12-19)16(20)15-8-6-14(13-17)7-9-15/h6-9,19H,2-5,10-13H2,1H3. The third kappa shape index (κ3) is 5.63. The highest BCUT2D eigenvalue weighted by molar-refractivity contribution is 9.08.